The summed E-state index contributed by atoms with van der Waals surface area (Å²) >= 11 is 0. The van der Waals surface area contributed by atoms with Gasteiger partial charge in [-0.3, -0.25) is 4.57 Å². The number of carbonyl (C=O) groups is 1. The van der Waals surface area contributed by atoms with Gasteiger partial charge in [-0.2, -0.15) is 0 Å². The summed E-state index contributed by atoms with van der Waals surface area (Å²) in [6, 6.07) is 3.57. The normalized spacial score (nSPS) is 12.6. The van der Waals surface area contributed by atoms with Crippen molar-refractivity contribution < 1.29 is 9.53 Å². The van der Waals surface area contributed by atoms with Crippen LogP contribution in [0.15, 0.2) is 12.1 Å². The number of hydrogen-bond acceptors (Lipinski definition) is 4. The minimum Gasteiger partial charge on any atom is -0.467 e. The number of nitrogens with zero attached hydrogens (tertiary/aromatic N) is 2. The quantitative estimate of drug-likeness (QED) is 0.861. The molecule has 0 amide bonds. The van der Waals surface area contributed by atoms with Crippen LogP contribution in [-0.4, -0.2) is 22.6 Å². The summed E-state index contributed by atoms with van der Waals surface area (Å²) in [5.41, 5.74) is 9.95. The molecule has 0 spiro atoms. The van der Waals surface area contributed by atoms with Gasteiger partial charge in [-0.1, -0.05) is 6.92 Å². The van der Waals surface area contributed by atoms with Gasteiger partial charge < -0.3 is 10.5 Å². The van der Waals surface area contributed by atoms with E-state index in [-0.39, 0.29) is 5.97 Å². The SMILES string of the molecule is CCC(C(=O)OC)n1c(N)nc2cc(C)c(C)cc21. The van der Waals surface area contributed by atoms with Crippen molar-refractivity contribution in [3.05, 3.63) is 23.3 Å². The van der Waals surface area contributed by atoms with E-state index in [4.69, 9.17) is 10.5 Å². The third-order valence-electron chi connectivity index (χ3n) is 3.50. The smallest absolute Gasteiger partial charge is 0.328 e. The zero-order valence-electron chi connectivity index (χ0n) is 11.7. The van der Waals surface area contributed by atoms with E-state index in [1.54, 1.807) is 4.57 Å². The topological polar surface area (TPSA) is 70.1 Å². The largest absolute Gasteiger partial charge is 0.467 e. The number of esters is 1. The number of benzene rings is 1. The Labute approximate surface area is 112 Å². The lowest BCUT2D eigenvalue weighted by Crippen LogP contribution is -2.21. The van der Waals surface area contributed by atoms with Gasteiger partial charge in [0.2, 0.25) is 5.95 Å². The molecule has 0 aliphatic heterocycles. The van der Waals surface area contributed by atoms with Crippen LogP contribution in [0.25, 0.3) is 11.0 Å². The number of carbonyl (C=O) groups excluding carboxylic acids is 1. The maximum absolute atomic E-state index is 11.9. The fourth-order valence-electron chi connectivity index (χ4n) is 2.29. The van der Waals surface area contributed by atoms with Gasteiger partial charge in [0, 0.05) is 0 Å². The van der Waals surface area contributed by atoms with Crippen molar-refractivity contribution in [2.45, 2.75) is 33.2 Å². The lowest BCUT2D eigenvalue weighted by atomic mass is 10.1. The third kappa shape index (κ3) is 2.16. The molecule has 0 aliphatic carbocycles. The first kappa shape index (κ1) is 13.4. The van der Waals surface area contributed by atoms with Gasteiger partial charge in [-0.25, -0.2) is 9.78 Å². The van der Waals surface area contributed by atoms with Crippen LogP contribution in [0.4, 0.5) is 5.95 Å². The lowest BCUT2D eigenvalue weighted by Gasteiger charge is -2.16. The van der Waals surface area contributed by atoms with Crippen LogP contribution in [-0.2, 0) is 9.53 Å². The van der Waals surface area contributed by atoms with Crippen molar-refractivity contribution in [1.29, 1.82) is 0 Å². The predicted octanol–water partition coefficient (Wildman–Crippen LogP) is 2.36. The molecule has 5 nitrogen and oxygen atoms in total. The average Bonchev–Trinajstić information content (AvgIpc) is 2.67. The minimum atomic E-state index is -0.433. The molecule has 0 radical (unpaired) electrons. The highest BCUT2D eigenvalue weighted by Crippen LogP contribution is 2.27. The number of aromatic nitrogens is 2. The summed E-state index contributed by atoms with van der Waals surface area (Å²) < 4.78 is 6.60. The number of nitrogen functional groups attached to an aromatic ring is 1. The van der Waals surface area contributed by atoms with E-state index >= 15 is 0 Å². The summed E-state index contributed by atoms with van der Waals surface area (Å²) in [7, 11) is 1.38. The molecule has 0 bridgehead atoms. The van der Waals surface area contributed by atoms with Crippen LogP contribution in [0.5, 0.6) is 0 Å². The number of nitrogens with two attached hydrogens (primary N) is 1. The van der Waals surface area contributed by atoms with E-state index in [1.165, 1.54) is 7.11 Å². The Morgan fingerprint density at radius 3 is 2.63 bits per heavy atom. The molecule has 1 heterocycles. The zero-order chi connectivity index (χ0) is 14.2. The van der Waals surface area contributed by atoms with Gasteiger partial charge in [0.1, 0.15) is 6.04 Å². The first-order valence-corrected chi connectivity index (χ1v) is 6.32. The summed E-state index contributed by atoms with van der Waals surface area (Å²) in [5.74, 6) is 0.0454. The molecule has 2 N–H and O–H groups in total. The Morgan fingerprint density at radius 1 is 1.42 bits per heavy atom. The molecular weight excluding hydrogens is 242 g/mol. The summed E-state index contributed by atoms with van der Waals surface area (Å²) in [6.07, 6.45) is 0.606. The van der Waals surface area contributed by atoms with Crippen LogP contribution in [0.1, 0.15) is 30.5 Å². The highest BCUT2D eigenvalue weighted by molar-refractivity contribution is 5.84. The first-order valence-electron chi connectivity index (χ1n) is 6.32. The van der Waals surface area contributed by atoms with Crippen molar-refractivity contribution >= 4 is 23.0 Å². The second-order valence-electron chi connectivity index (χ2n) is 4.71. The maximum atomic E-state index is 11.9. The maximum Gasteiger partial charge on any atom is 0.328 e. The van der Waals surface area contributed by atoms with Gasteiger partial charge >= 0.3 is 5.97 Å². The molecule has 2 rings (SSSR count). The fraction of sp³-hybridized carbons (Fsp3) is 0.429. The summed E-state index contributed by atoms with van der Waals surface area (Å²) in [5, 5.41) is 0. The molecule has 0 fully saturated rings. The Kier molecular flexibility index (Phi) is 3.46. The molecule has 0 aliphatic rings. The Bertz CT molecular complexity index is 631. The highest BCUT2D eigenvalue weighted by atomic mass is 16.5. The molecule has 1 aromatic carbocycles. The standard InChI is InChI=1S/C14H19N3O2/c1-5-11(13(18)19-4)17-12-7-9(3)8(2)6-10(12)16-14(17)15/h6-7,11H,5H2,1-4H3,(H2,15,16). The summed E-state index contributed by atoms with van der Waals surface area (Å²) in [6.45, 7) is 5.98. The number of fused-ring (bicyclic) bond motifs is 1. The fourth-order valence-corrected chi connectivity index (χ4v) is 2.29. The van der Waals surface area contributed by atoms with Crippen molar-refractivity contribution in [3.8, 4) is 0 Å². The Morgan fingerprint density at radius 2 is 2.05 bits per heavy atom. The van der Waals surface area contributed by atoms with E-state index < -0.39 is 6.04 Å². The van der Waals surface area contributed by atoms with Crippen LogP contribution < -0.4 is 5.73 Å². The second-order valence-corrected chi connectivity index (χ2v) is 4.71. The second kappa shape index (κ2) is 4.91. The first-order chi connectivity index (χ1) is 8.99. The number of aryl methyl sites for hydroxylation is 2. The molecule has 5 heteroatoms. The monoisotopic (exact) mass is 261 g/mol. The van der Waals surface area contributed by atoms with Crippen molar-refractivity contribution in [2.75, 3.05) is 12.8 Å². The minimum absolute atomic E-state index is 0.299. The van der Waals surface area contributed by atoms with Crippen LogP contribution >= 0.6 is 0 Å². The van der Waals surface area contributed by atoms with Crippen LogP contribution in [0, 0.1) is 13.8 Å². The Balaban J connectivity index is 2.68. The zero-order valence-corrected chi connectivity index (χ0v) is 11.7. The number of ether oxygens (including phenoxy) is 1. The number of hydrogen-bond donors (Lipinski definition) is 1. The molecule has 0 saturated carbocycles. The van der Waals surface area contributed by atoms with Gasteiger partial charge in [0.25, 0.3) is 0 Å². The van der Waals surface area contributed by atoms with E-state index in [2.05, 4.69) is 4.98 Å². The molecule has 1 unspecified atom stereocenters. The third-order valence-corrected chi connectivity index (χ3v) is 3.50. The number of rotatable bonds is 3. The summed E-state index contributed by atoms with van der Waals surface area (Å²) in [4.78, 5) is 16.2. The lowest BCUT2D eigenvalue weighted by molar-refractivity contribution is -0.144. The van der Waals surface area contributed by atoms with Crippen LogP contribution in [0.3, 0.4) is 0 Å². The van der Waals surface area contributed by atoms with Gasteiger partial charge in [0.15, 0.2) is 0 Å². The van der Waals surface area contributed by atoms with Crippen molar-refractivity contribution in [3.63, 3.8) is 0 Å². The molecule has 102 valence electrons. The van der Waals surface area contributed by atoms with Crippen LogP contribution in [0.2, 0.25) is 0 Å². The van der Waals surface area contributed by atoms with Gasteiger partial charge in [-0.15, -0.1) is 0 Å². The van der Waals surface area contributed by atoms with E-state index in [0.717, 1.165) is 22.2 Å². The van der Waals surface area contributed by atoms with Crippen molar-refractivity contribution in [2.24, 2.45) is 0 Å². The van der Waals surface area contributed by atoms with E-state index in [1.807, 2.05) is 32.9 Å². The van der Waals surface area contributed by atoms with Gasteiger partial charge in [-0.05, 0) is 43.5 Å². The number of imidazole rings is 1. The van der Waals surface area contributed by atoms with E-state index in [9.17, 15) is 4.79 Å². The van der Waals surface area contributed by atoms with Crippen molar-refractivity contribution in [1.82, 2.24) is 9.55 Å². The Hall–Kier alpha value is -2.04. The predicted molar refractivity (Wildman–Crippen MR) is 75.0 cm³/mol. The number of methoxy groups -OCH3 is 1. The molecule has 0 saturated heterocycles. The molecule has 1 atom stereocenters. The molecular formula is C14H19N3O2. The molecule has 1 aromatic heterocycles. The number of anilines is 1. The van der Waals surface area contributed by atoms with E-state index in [0.29, 0.717) is 12.4 Å². The highest BCUT2D eigenvalue weighted by Gasteiger charge is 2.24. The molecule has 2 aromatic rings. The average molecular weight is 261 g/mol. The van der Waals surface area contributed by atoms with Gasteiger partial charge in [0.05, 0.1) is 18.1 Å². The molecule has 19 heavy (non-hydrogen) atoms.